The van der Waals surface area contributed by atoms with Gasteiger partial charge in [-0.05, 0) is 54.9 Å². The summed E-state index contributed by atoms with van der Waals surface area (Å²) in [6.07, 6.45) is 0. The van der Waals surface area contributed by atoms with Gasteiger partial charge in [0.1, 0.15) is 5.82 Å². The van der Waals surface area contributed by atoms with Gasteiger partial charge in [0.15, 0.2) is 4.77 Å². The van der Waals surface area contributed by atoms with Crippen molar-refractivity contribution < 1.29 is 0 Å². The molecule has 0 radical (unpaired) electrons. The molecule has 3 nitrogen and oxygen atoms in total. The number of thioether (sulfide) groups is 1. The first-order valence-corrected chi connectivity index (χ1v) is 9.56. The van der Waals surface area contributed by atoms with E-state index in [2.05, 4.69) is 41.4 Å². The minimum atomic E-state index is 0.590. The molecule has 0 saturated heterocycles. The lowest BCUT2D eigenvalue weighted by Gasteiger charge is -2.11. The number of hydrogen-bond donors (Lipinski definition) is 1. The van der Waals surface area contributed by atoms with Crippen LogP contribution in [0, 0.1) is 18.6 Å². The number of rotatable bonds is 5. The Bertz CT molecular complexity index is 915. The van der Waals surface area contributed by atoms with E-state index in [1.54, 1.807) is 0 Å². The summed E-state index contributed by atoms with van der Waals surface area (Å²) in [7, 11) is 0. The fourth-order valence-corrected chi connectivity index (χ4v) is 3.98. The molecule has 0 atom stereocenters. The minimum absolute atomic E-state index is 0.590. The minimum Gasteiger partial charge on any atom is -0.271 e. The Morgan fingerprint density at radius 3 is 2.71 bits per heavy atom. The van der Waals surface area contributed by atoms with Gasteiger partial charge in [0, 0.05) is 10.8 Å². The summed E-state index contributed by atoms with van der Waals surface area (Å²) >= 11 is 13.5. The van der Waals surface area contributed by atoms with Crippen molar-refractivity contribution in [1.29, 1.82) is 0 Å². The number of H-pyrrole nitrogens is 1. The third-order valence-corrected chi connectivity index (χ3v) is 5.63. The van der Waals surface area contributed by atoms with E-state index >= 15 is 0 Å². The van der Waals surface area contributed by atoms with Crippen LogP contribution in [0.3, 0.4) is 0 Å². The summed E-state index contributed by atoms with van der Waals surface area (Å²) < 4.78 is 2.56. The van der Waals surface area contributed by atoms with Crippen molar-refractivity contribution in [2.45, 2.75) is 25.4 Å². The van der Waals surface area contributed by atoms with E-state index in [1.165, 1.54) is 11.1 Å². The first kappa shape index (κ1) is 17.3. The number of hydrogen-bond acceptors (Lipinski definition) is 3. The zero-order valence-corrected chi connectivity index (χ0v) is 15.9. The van der Waals surface area contributed by atoms with Crippen molar-refractivity contribution in [2.24, 2.45) is 0 Å². The molecule has 3 aromatic rings. The van der Waals surface area contributed by atoms with Gasteiger partial charge in [-0.2, -0.15) is 5.10 Å². The highest BCUT2D eigenvalue weighted by Gasteiger charge is 2.12. The second kappa shape index (κ2) is 7.55. The van der Waals surface area contributed by atoms with Gasteiger partial charge in [0.2, 0.25) is 0 Å². The lowest BCUT2D eigenvalue weighted by Crippen LogP contribution is -2.03. The molecular weight excluding hydrogens is 358 g/mol. The Hall–Kier alpha value is -1.56. The summed E-state index contributed by atoms with van der Waals surface area (Å²) in [6.45, 7) is 4.14. The number of aryl methyl sites for hydroxylation is 1. The van der Waals surface area contributed by atoms with E-state index in [-0.39, 0.29) is 0 Å². The van der Waals surface area contributed by atoms with Crippen LogP contribution in [-0.4, -0.2) is 14.8 Å². The van der Waals surface area contributed by atoms with Crippen LogP contribution in [-0.2, 0) is 11.5 Å². The lowest BCUT2D eigenvalue weighted by molar-refractivity contribution is 0.940. The summed E-state index contributed by atoms with van der Waals surface area (Å²) in [6, 6.07) is 14.3. The molecule has 0 unspecified atom stereocenters. The maximum Gasteiger partial charge on any atom is 0.199 e. The molecule has 124 valence electrons. The van der Waals surface area contributed by atoms with E-state index in [0.29, 0.717) is 4.77 Å². The smallest absolute Gasteiger partial charge is 0.199 e. The molecule has 1 N–H and O–H groups in total. The van der Waals surface area contributed by atoms with Crippen molar-refractivity contribution in [2.75, 3.05) is 0 Å². The van der Waals surface area contributed by atoms with Gasteiger partial charge >= 0.3 is 0 Å². The van der Waals surface area contributed by atoms with Gasteiger partial charge in [0.05, 0.1) is 11.4 Å². The Morgan fingerprint density at radius 2 is 1.92 bits per heavy atom. The summed E-state index contributed by atoms with van der Waals surface area (Å²) in [5, 5.41) is 8.03. The van der Waals surface area contributed by atoms with Crippen LogP contribution in [0.4, 0.5) is 0 Å². The molecule has 0 saturated carbocycles. The summed E-state index contributed by atoms with van der Waals surface area (Å²) in [5.74, 6) is 2.62. The predicted octanol–water partition coefficient (Wildman–Crippen LogP) is 5.63. The molecule has 2 aromatic carbocycles. The highest BCUT2D eigenvalue weighted by atomic mass is 35.5. The average Bonchev–Trinajstić information content (AvgIpc) is 2.93. The quantitative estimate of drug-likeness (QED) is 0.586. The van der Waals surface area contributed by atoms with Crippen molar-refractivity contribution in [1.82, 2.24) is 14.8 Å². The molecule has 0 aliphatic heterocycles. The van der Waals surface area contributed by atoms with Gasteiger partial charge in [0.25, 0.3) is 0 Å². The lowest BCUT2D eigenvalue weighted by atomic mass is 10.1. The van der Waals surface area contributed by atoms with Gasteiger partial charge in [-0.15, -0.1) is 11.8 Å². The van der Waals surface area contributed by atoms with E-state index in [9.17, 15) is 0 Å². The number of nitrogens with one attached hydrogen (secondary N) is 1. The van der Waals surface area contributed by atoms with Crippen molar-refractivity contribution >= 4 is 35.6 Å². The predicted molar refractivity (Wildman–Crippen MR) is 105 cm³/mol. The van der Waals surface area contributed by atoms with Crippen LogP contribution >= 0.6 is 35.6 Å². The van der Waals surface area contributed by atoms with Crippen LogP contribution in [0.1, 0.15) is 22.5 Å². The number of nitrogens with zero attached hydrogens (tertiary/aromatic N) is 2. The molecule has 0 aliphatic rings. The third-order valence-electron chi connectivity index (χ3n) is 3.97. The van der Waals surface area contributed by atoms with E-state index in [0.717, 1.165) is 33.6 Å². The van der Waals surface area contributed by atoms with Crippen molar-refractivity contribution in [3.8, 4) is 5.69 Å². The maximum absolute atomic E-state index is 6.25. The standard InChI is InChI=1S/C18H18ClN3S2/c1-12-6-3-4-7-14(12)10-24-11-17-20-21-18(23)22(17)16-9-5-8-15(19)13(16)2/h3-9H,10-11H2,1-2H3,(H,21,23). The molecule has 1 heterocycles. The van der Waals surface area contributed by atoms with Gasteiger partial charge in [-0.1, -0.05) is 41.9 Å². The Labute approximate surface area is 156 Å². The van der Waals surface area contributed by atoms with E-state index in [1.807, 2.05) is 41.5 Å². The van der Waals surface area contributed by atoms with Crippen LogP contribution in [0.2, 0.25) is 5.02 Å². The molecule has 6 heteroatoms. The molecular formula is C18H18ClN3S2. The van der Waals surface area contributed by atoms with Gasteiger partial charge in [-0.3, -0.25) is 9.67 Å². The molecule has 0 fully saturated rings. The number of halogens is 1. The van der Waals surface area contributed by atoms with Gasteiger partial charge < -0.3 is 0 Å². The highest BCUT2D eigenvalue weighted by Crippen LogP contribution is 2.25. The topological polar surface area (TPSA) is 33.6 Å². The largest absolute Gasteiger partial charge is 0.271 e. The van der Waals surface area contributed by atoms with Crippen LogP contribution in [0.5, 0.6) is 0 Å². The first-order chi connectivity index (χ1) is 11.6. The van der Waals surface area contributed by atoms with Crippen molar-refractivity contribution in [3.63, 3.8) is 0 Å². The maximum atomic E-state index is 6.25. The van der Waals surface area contributed by atoms with Crippen LogP contribution in [0.15, 0.2) is 42.5 Å². The third kappa shape index (κ3) is 3.58. The van der Waals surface area contributed by atoms with E-state index in [4.69, 9.17) is 23.8 Å². The SMILES string of the molecule is Cc1ccccc1CSCc1n[nH]c(=S)n1-c1cccc(Cl)c1C. The summed E-state index contributed by atoms with van der Waals surface area (Å²) in [4.78, 5) is 0. The number of aromatic amines is 1. The zero-order chi connectivity index (χ0) is 17.1. The zero-order valence-electron chi connectivity index (χ0n) is 13.5. The van der Waals surface area contributed by atoms with Crippen molar-refractivity contribution in [3.05, 3.63) is 74.8 Å². The second-order valence-corrected chi connectivity index (χ2v) is 7.36. The monoisotopic (exact) mass is 375 g/mol. The highest BCUT2D eigenvalue weighted by molar-refractivity contribution is 7.97. The fourth-order valence-electron chi connectivity index (χ4n) is 2.54. The summed E-state index contributed by atoms with van der Waals surface area (Å²) in [5.41, 5.74) is 4.64. The first-order valence-electron chi connectivity index (χ1n) is 7.62. The Balaban J connectivity index is 1.82. The Kier molecular flexibility index (Phi) is 5.43. The molecule has 0 spiro atoms. The molecule has 3 rings (SSSR count). The number of aromatic nitrogens is 3. The van der Waals surface area contributed by atoms with Gasteiger partial charge in [-0.25, -0.2) is 0 Å². The molecule has 0 aliphatic carbocycles. The molecule has 24 heavy (non-hydrogen) atoms. The Morgan fingerprint density at radius 1 is 1.12 bits per heavy atom. The van der Waals surface area contributed by atoms with Crippen LogP contribution < -0.4 is 0 Å². The number of benzene rings is 2. The van der Waals surface area contributed by atoms with Crippen LogP contribution in [0.25, 0.3) is 5.69 Å². The molecule has 1 aromatic heterocycles. The average molecular weight is 376 g/mol. The molecule has 0 amide bonds. The second-order valence-electron chi connectivity index (χ2n) is 5.58. The van der Waals surface area contributed by atoms with E-state index < -0.39 is 0 Å². The normalized spacial score (nSPS) is 11.0. The molecule has 0 bridgehead atoms. The fraction of sp³-hybridized carbons (Fsp3) is 0.222.